The molecule has 0 aliphatic rings. The molecule has 1 rings (SSSR count). The van der Waals surface area contributed by atoms with Gasteiger partial charge in [0, 0.05) is 5.41 Å². The molecule has 1 aromatic heterocycles. The molecular formula is C9H14BrNO2. The van der Waals surface area contributed by atoms with Crippen molar-refractivity contribution in [1.82, 2.24) is 0 Å². The molecule has 13 heavy (non-hydrogen) atoms. The Balaban J connectivity index is 2.91. The summed E-state index contributed by atoms with van der Waals surface area (Å²) in [7, 11) is 0. The zero-order valence-electron chi connectivity index (χ0n) is 7.75. The van der Waals surface area contributed by atoms with E-state index in [1.54, 1.807) is 12.3 Å². The van der Waals surface area contributed by atoms with Gasteiger partial charge in [0.05, 0.1) is 23.4 Å². The minimum atomic E-state index is -0.375. The van der Waals surface area contributed by atoms with Crippen LogP contribution in [0.15, 0.2) is 21.2 Å². The van der Waals surface area contributed by atoms with Crippen molar-refractivity contribution in [3.8, 4) is 0 Å². The van der Waals surface area contributed by atoms with Crippen LogP contribution < -0.4 is 5.73 Å². The van der Waals surface area contributed by atoms with E-state index >= 15 is 0 Å². The fourth-order valence-electron chi connectivity index (χ4n) is 0.981. The third-order valence-electron chi connectivity index (χ3n) is 2.18. The van der Waals surface area contributed by atoms with Crippen LogP contribution in [0.2, 0.25) is 0 Å². The van der Waals surface area contributed by atoms with Crippen molar-refractivity contribution in [2.75, 3.05) is 6.61 Å². The zero-order valence-corrected chi connectivity index (χ0v) is 9.34. The normalized spacial score (nSPS) is 14.5. The lowest BCUT2D eigenvalue weighted by Gasteiger charge is -2.27. The van der Waals surface area contributed by atoms with Crippen molar-refractivity contribution >= 4 is 15.9 Å². The van der Waals surface area contributed by atoms with Crippen molar-refractivity contribution in [2.45, 2.75) is 19.9 Å². The maximum absolute atomic E-state index is 9.12. The van der Waals surface area contributed by atoms with Crippen LogP contribution in [0.25, 0.3) is 0 Å². The lowest BCUT2D eigenvalue weighted by atomic mass is 9.84. The number of aliphatic hydroxyl groups is 1. The van der Waals surface area contributed by atoms with E-state index < -0.39 is 0 Å². The Morgan fingerprint density at radius 1 is 1.69 bits per heavy atom. The summed E-state index contributed by atoms with van der Waals surface area (Å²) in [4.78, 5) is 0. The van der Waals surface area contributed by atoms with Gasteiger partial charge in [0.15, 0.2) is 0 Å². The van der Waals surface area contributed by atoms with Crippen molar-refractivity contribution in [3.05, 3.63) is 22.6 Å². The average molecular weight is 248 g/mol. The summed E-state index contributed by atoms with van der Waals surface area (Å²) >= 11 is 3.33. The maximum atomic E-state index is 9.12. The minimum absolute atomic E-state index is 0.0291. The molecule has 0 aliphatic heterocycles. The van der Waals surface area contributed by atoms with Crippen LogP contribution in [0.3, 0.4) is 0 Å². The van der Waals surface area contributed by atoms with E-state index in [0.29, 0.717) is 5.76 Å². The first-order valence-electron chi connectivity index (χ1n) is 4.08. The molecule has 0 amide bonds. The van der Waals surface area contributed by atoms with Crippen LogP contribution in [-0.4, -0.2) is 11.7 Å². The Morgan fingerprint density at radius 2 is 2.31 bits per heavy atom. The van der Waals surface area contributed by atoms with E-state index in [2.05, 4.69) is 15.9 Å². The Hall–Kier alpha value is -0.320. The number of rotatable bonds is 3. The molecule has 0 aromatic carbocycles. The molecule has 0 saturated carbocycles. The number of aliphatic hydroxyl groups excluding tert-OH is 1. The number of hydrogen-bond donors (Lipinski definition) is 2. The van der Waals surface area contributed by atoms with Crippen LogP contribution in [0.4, 0.5) is 0 Å². The second-order valence-electron chi connectivity index (χ2n) is 3.76. The standard InChI is InChI=1S/C9H14BrNO2/c1-9(2,5-12)8(11)7-6(10)3-4-13-7/h3-4,8,12H,5,11H2,1-2H3. The Bertz CT molecular complexity index is 283. The van der Waals surface area contributed by atoms with Gasteiger partial charge in [0.2, 0.25) is 0 Å². The average Bonchev–Trinajstić information content (AvgIpc) is 2.50. The molecule has 0 radical (unpaired) electrons. The summed E-state index contributed by atoms with van der Waals surface area (Å²) in [6.45, 7) is 3.82. The van der Waals surface area contributed by atoms with Gasteiger partial charge in [-0.25, -0.2) is 0 Å². The predicted molar refractivity (Wildman–Crippen MR) is 54.2 cm³/mol. The molecule has 0 bridgehead atoms. The molecule has 1 unspecified atom stereocenters. The number of furan rings is 1. The highest BCUT2D eigenvalue weighted by molar-refractivity contribution is 9.10. The number of hydrogen-bond acceptors (Lipinski definition) is 3. The maximum Gasteiger partial charge on any atom is 0.135 e. The molecule has 0 aliphatic carbocycles. The van der Waals surface area contributed by atoms with Gasteiger partial charge in [-0.05, 0) is 22.0 Å². The summed E-state index contributed by atoms with van der Waals surface area (Å²) in [5, 5.41) is 9.12. The molecule has 1 atom stereocenters. The third-order valence-corrected chi connectivity index (χ3v) is 2.83. The SMILES string of the molecule is CC(C)(CO)C(N)c1occc1Br. The zero-order chi connectivity index (χ0) is 10.1. The quantitative estimate of drug-likeness (QED) is 0.860. The molecule has 0 spiro atoms. The largest absolute Gasteiger partial charge is 0.466 e. The molecule has 74 valence electrons. The summed E-state index contributed by atoms with van der Waals surface area (Å²) < 4.78 is 6.08. The fourth-order valence-corrected chi connectivity index (χ4v) is 1.43. The van der Waals surface area contributed by atoms with E-state index in [9.17, 15) is 0 Å². The number of halogens is 1. The van der Waals surface area contributed by atoms with E-state index in [1.165, 1.54) is 0 Å². The van der Waals surface area contributed by atoms with Crippen LogP contribution >= 0.6 is 15.9 Å². The summed E-state index contributed by atoms with van der Waals surface area (Å²) in [6, 6.07) is 1.49. The van der Waals surface area contributed by atoms with Gasteiger partial charge in [0.1, 0.15) is 5.76 Å². The summed E-state index contributed by atoms with van der Waals surface area (Å²) in [5.74, 6) is 0.680. The van der Waals surface area contributed by atoms with Crippen LogP contribution in [0.5, 0.6) is 0 Å². The van der Waals surface area contributed by atoms with Gasteiger partial charge in [-0.15, -0.1) is 0 Å². The molecular weight excluding hydrogens is 234 g/mol. The summed E-state index contributed by atoms with van der Waals surface area (Å²) in [5.41, 5.74) is 5.57. The van der Waals surface area contributed by atoms with Crippen LogP contribution in [0.1, 0.15) is 25.6 Å². The highest BCUT2D eigenvalue weighted by Crippen LogP contribution is 2.34. The van der Waals surface area contributed by atoms with Crippen molar-refractivity contribution < 1.29 is 9.52 Å². The van der Waals surface area contributed by atoms with E-state index in [-0.39, 0.29) is 18.1 Å². The molecule has 3 N–H and O–H groups in total. The monoisotopic (exact) mass is 247 g/mol. The highest BCUT2D eigenvalue weighted by Gasteiger charge is 2.30. The highest BCUT2D eigenvalue weighted by atomic mass is 79.9. The first kappa shape index (κ1) is 10.8. The van der Waals surface area contributed by atoms with Crippen molar-refractivity contribution in [2.24, 2.45) is 11.1 Å². The van der Waals surface area contributed by atoms with E-state index in [4.69, 9.17) is 15.3 Å². The third kappa shape index (κ3) is 2.13. The smallest absolute Gasteiger partial charge is 0.135 e. The molecule has 1 heterocycles. The van der Waals surface area contributed by atoms with Gasteiger partial charge < -0.3 is 15.3 Å². The topological polar surface area (TPSA) is 59.4 Å². The lowest BCUT2D eigenvalue weighted by molar-refractivity contribution is 0.122. The fraction of sp³-hybridized carbons (Fsp3) is 0.556. The number of nitrogens with two attached hydrogens (primary N) is 1. The first-order chi connectivity index (χ1) is 5.99. The molecule has 0 saturated heterocycles. The lowest BCUT2D eigenvalue weighted by Crippen LogP contribution is -2.32. The van der Waals surface area contributed by atoms with Crippen LogP contribution in [-0.2, 0) is 0 Å². The molecule has 3 nitrogen and oxygen atoms in total. The van der Waals surface area contributed by atoms with Gasteiger partial charge in [0.25, 0.3) is 0 Å². The minimum Gasteiger partial charge on any atom is -0.466 e. The Labute approximate surface area is 86.1 Å². The van der Waals surface area contributed by atoms with Crippen molar-refractivity contribution in [1.29, 1.82) is 0 Å². The van der Waals surface area contributed by atoms with Crippen LogP contribution in [0, 0.1) is 5.41 Å². The van der Waals surface area contributed by atoms with E-state index in [1.807, 2.05) is 13.8 Å². The second kappa shape index (κ2) is 3.82. The molecule has 0 fully saturated rings. The second-order valence-corrected chi connectivity index (χ2v) is 4.61. The van der Waals surface area contributed by atoms with Gasteiger partial charge >= 0.3 is 0 Å². The van der Waals surface area contributed by atoms with E-state index in [0.717, 1.165) is 4.47 Å². The van der Waals surface area contributed by atoms with Gasteiger partial charge in [-0.1, -0.05) is 13.8 Å². The van der Waals surface area contributed by atoms with Crippen molar-refractivity contribution in [3.63, 3.8) is 0 Å². The van der Waals surface area contributed by atoms with Gasteiger partial charge in [-0.3, -0.25) is 0 Å². The predicted octanol–water partition coefficient (Wildman–Crippen LogP) is 2.06. The first-order valence-corrected chi connectivity index (χ1v) is 4.87. The molecule has 4 heteroatoms. The summed E-state index contributed by atoms with van der Waals surface area (Å²) in [6.07, 6.45) is 1.58. The van der Waals surface area contributed by atoms with Gasteiger partial charge in [-0.2, -0.15) is 0 Å². The Morgan fingerprint density at radius 3 is 2.69 bits per heavy atom. The Kier molecular flexibility index (Phi) is 3.16. The molecule has 1 aromatic rings.